The Morgan fingerprint density at radius 3 is 2.68 bits per heavy atom. The Bertz CT molecular complexity index is 515. The molecule has 22 heavy (non-hydrogen) atoms. The van der Waals surface area contributed by atoms with Crippen LogP contribution in [0.1, 0.15) is 32.6 Å². The molecule has 3 fully saturated rings. The molecular weight excluding hydrogens is 276 g/mol. The summed E-state index contributed by atoms with van der Waals surface area (Å²) in [6.07, 6.45) is 7.52. The molecule has 2 heterocycles. The topological polar surface area (TPSA) is 41.5 Å². The van der Waals surface area contributed by atoms with Crippen molar-refractivity contribution in [3.05, 3.63) is 12.4 Å². The van der Waals surface area contributed by atoms with Gasteiger partial charge in [0.1, 0.15) is 12.1 Å². The van der Waals surface area contributed by atoms with E-state index in [0.717, 1.165) is 36.8 Å². The predicted octanol–water partition coefficient (Wildman–Crippen LogP) is 2.19. The first kappa shape index (κ1) is 14.2. The lowest BCUT2D eigenvalue weighted by molar-refractivity contribution is 0.134. The van der Waals surface area contributed by atoms with Crippen LogP contribution in [0.5, 0.6) is 5.88 Å². The van der Waals surface area contributed by atoms with Crippen molar-refractivity contribution in [2.24, 2.45) is 11.8 Å². The van der Waals surface area contributed by atoms with Crippen molar-refractivity contribution >= 4 is 5.82 Å². The van der Waals surface area contributed by atoms with Gasteiger partial charge in [-0.15, -0.1) is 0 Å². The molecule has 2 saturated carbocycles. The van der Waals surface area contributed by atoms with Crippen molar-refractivity contribution in [3.8, 4) is 5.88 Å². The third kappa shape index (κ3) is 2.67. The summed E-state index contributed by atoms with van der Waals surface area (Å²) < 4.78 is 5.49. The molecule has 2 bridgehead atoms. The number of rotatable bonds is 4. The maximum atomic E-state index is 5.49. The van der Waals surface area contributed by atoms with Crippen LogP contribution in [0.15, 0.2) is 12.4 Å². The van der Waals surface area contributed by atoms with E-state index in [4.69, 9.17) is 4.74 Å². The fourth-order valence-corrected chi connectivity index (χ4v) is 4.67. The Hall–Kier alpha value is -1.36. The number of ether oxygens (including phenoxy) is 1. The zero-order chi connectivity index (χ0) is 14.9. The first-order chi connectivity index (χ1) is 10.8. The summed E-state index contributed by atoms with van der Waals surface area (Å²) in [6, 6.07) is 2.83. The van der Waals surface area contributed by atoms with Crippen LogP contribution >= 0.6 is 0 Å². The Morgan fingerprint density at radius 2 is 2.00 bits per heavy atom. The summed E-state index contributed by atoms with van der Waals surface area (Å²) >= 11 is 0. The zero-order valence-corrected chi connectivity index (χ0v) is 13.4. The summed E-state index contributed by atoms with van der Waals surface area (Å²) in [4.78, 5) is 13.7. The molecule has 0 spiro atoms. The number of fused-ring (bicyclic) bond motifs is 2. The average molecular weight is 302 g/mol. The van der Waals surface area contributed by atoms with Gasteiger partial charge in [0.05, 0.1) is 6.61 Å². The second-order valence-corrected chi connectivity index (χ2v) is 6.91. The molecule has 0 N–H and O–H groups in total. The second-order valence-electron chi connectivity index (χ2n) is 6.91. The number of anilines is 1. The molecule has 1 saturated heterocycles. The van der Waals surface area contributed by atoms with E-state index >= 15 is 0 Å². The van der Waals surface area contributed by atoms with Crippen LogP contribution < -0.4 is 9.64 Å². The molecule has 3 aliphatic rings. The minimum Gasteiger partial charge on any atom is -0.478 e. The van der Waals surface area contributed by atoms with Crippen molar-refractivity contribution in [1.29, 1.82) is 0 Å². The van der Waals surface area contributed by atoms with E-state index in [9.17, 15) is 0 Å². The highest BCUT2D eigenvalue weighted by Crippen LogP contribution is 2.46. The van der Waals surface area contributed by atoms with Gasteiger partial charge >= 0.3 is 0 Å². The monoisotopic (exact) mass is 302 g/mol. The molecule has 0 amide bonds. The minimum atomic E-state index is 0.647. The molecule has 5 heteroatoms. The standard InChI is InChI=1S/C17H26N4O/c1-2-22-17-11-16(18-12-19-17)21-7-5-20(6-8-21)15-10-13-3-4-14(15)9-13/h11-15H,2-10H2,1H3. The quantitative estimate of drug-likeness (QED) is 0.853. The van der Waals surface area contributed by atoms with Gasteiger partial charge in [0.15, 0.2) is 0 Å². The molecule has 5 nitrogen and oxygen atoms in total. The number of nitrogens with zero attached hydrogens (tertiary/aromatic N) is 4. The molecule has 1 aliphatic heterocycles. The van der Waals surface area contributed by atoms with E-state index in [1.807, 2.05) is 13.0 Å². The van der Waals surface area contributed by atoms with Crippen molar-refractivity contribution in [2.45, 2.75) is 38.6 Å². The van der Waals surface area contributed by atoms with Crippen LogP contribution in [0.4, 0.5) is 5.82 Å². The SMILES string of the molecule is CCOc1cc(N2CCN(C3CC4CCC3C4)CC2)ncn1. The summed E-state index contributed by atoms with van der Waals surface area (Å²) in [6.45, 7) is 7.10. The van der Waals surface area contributed by atoms with E-state index in [1.165, 1.54) is 38.8 Å². The minimum absolute atomic E-state index is 0.647. The third-order valence-electron chi connectivity index (χ3n) is 5.73. The van der Waals surface area contributed by atoms with E-state index in [1.54, 1.807) is 6.33 Å². The molecule has 0 radical (unpaired) electrons. The number of piperazine rings is 1. The van der Waals surface area contributed by atoms with E-state index < -0.39 is 0 Å². The summed E-state index contributed by atoms with van der Waals surface area (Å²) in [5.41, 5.74) is 0. The van der Waals surface area contributed by atoms with Gasteiger partial charge < -0.3 is 9.64 Å². The second kappa shape index (κ2) is 6.03. The number of hydrogen-bond donors (Lipinski definition) is 0. The van der Waals surface area contributed by atoms with Crippen molar-refractivity contribution in [3.63, 3.8) is 0 Å². The molecule has 3 atom stereocenters. The predicted molar refractivity (Wildman–Crippen MR) is 86.2 cm³/mol. The first-order valence-corrected chi connectivity index (χ1v) is 8.77. The smallest absolute Gasteiger partial charge is 0.218 e. The molecular formula is C17H26N4O. The lowest BCUT2D eigenvalue weighted by Gasteiger charge is -2.41. The zero-order valence-electron chi connectivity index (χ0n) is 13.4. The lowest BCUT2D eigenvalue weighted by atomic mass is 9.93. The van der Waals surface area contributed by atoms with Gasteiger partial charge in [-0.25, -0.2) is 9.97 Å². The molecule has 1 aromatic rings. The Balaban J connectivity index is 1.36. The van der Waals surface area contributed by atoms with Gasteiger partial charge in [0.25, 0.3) is 0 Å². The molecule has 0 aromatic carbocycles. The van der Waals surface area contributed by atoms with Crippen LogP contribution in [-0.4, -0.2) is 53.7 Å². The fourth-order valence-electron chi connectivity index (χ4n) is 4.67. The lowest BCUT2D eigenvalue weighted by Crippen LogP contribution is -2.52. The van der Waals surface area contributed by atoms with Crippen LogP contribution in [0.25, 0.3) is 0 Å². The molecule has 2 aliphatic carbocycles. The van der Waals surface area contributed by atoms with Crippen molar-refractivity contribution < 1.29 is 4.74 Å². The number of aromatic nitrogens is 2. The van der Waals surface area contributed by atoms with E-state index in [0.29, 0.717) is 12.5 Å². The molecule has 120 valence electrons. The Morgan fingerprint density at radius 1 is 1.14 bits per heavy atom. The summed E-state index contributed by atoms with van der Waals surface area (Å²) in [5.74, 6) is 3.71. The highest BCUT2D eigenvalue weighted by atomic mass is 16.5. The molecule has 1 aromatic heterocycles. The van der Waals surface area contributed by atoms with E-state index in [2.05, 4.69) is 19.8 Å². The third-order valence-corrected chi connectivity index (χ3v) is 5.73. The van der Waals surface area contributed by atoms with E-state index in [-0.39, 0.29) is 0 Å². The normalized spacial score (nSPS) is 31.7. The molecule has 3 unspecified atom stereocenters. The van der Waals surface area contributed by atoms with Gasteiger partial charge in [-0.3, -0.25) is 4.90 Å². The number of hydrogen-bond acceptors (Lipinski definition) is 5. The van der Waals surface area contributed by atoms with Gasteiger partial charge in [0.2, 0.25) is 5.88 Å². The average Bonchev–Trinajstić information content (AvgIpc) is 3.19. The van der Waals surface area contributed by atoms with Crippen LogP contribution in [0, 0.1) is 11.8 Å². The first-order valence-electron chi connectivity index (χ1n) is 8.77. The Labute approximate surface area is 132 Å². The van der Waals surface area contributed by atoms with Gasteiger partial charge in [-0.05, 0) is 38.0 Å². The highest BCUT2D eigenvalue weighted by molar-refractivity contribution is 5.41. The largest absolute Gasteiger partial charge is 0.478 e. The van der Waals surface area contributed by atoms with Gasteiger partial charge in [-0.2, -0.15) is 0 Å². The van der Waals surface area contributed by atoms with Crippen molar-refractivity contribution in [1.82, 2.24) is 14.9 Å². The summed E-state index contributed by atoms with van der Waals surface area (Å²) in [7, 11) is 0. The van der Waals surface area contributed by atoms with Gasteiger partial charge in [0, 0.05) is 38.3 Å². The maximum absolute atomic E-state index is 5.49. The maximum Gasteiger partial charge on any atom is 0.218 e. The van der Waals surface area contributed by atoms with Crippen LogP contribution in [0.3, 0.4) is 0 Å². The Kier molecular flexibility index (Phi) is 3.90. The summed E-state index contributed by atoms with van der Waals surface area (Å²) in [5, 5.41) is 0. The van der Waals surface area contributed by atoms with Crippen molar-refractivity contribution in [2.75, 3.05) is 37.7 Å². The highest BCUT2D eigenvalue weighted by Gasteiger charge is 2.42. The molecule has 4 rings (SSSR count). The van der Waals surface area contributed by atoms with Crippen LogP contribution in [-0.2, 0) is 0 Å². The van der Waals surface area contributed by atoms with Crippen LogP contribution in [0.2, 0.25) is 0 Å². The van der Waals surface area contributed by atoms with Gasteiger partial charge in [-0.1, -0.05) is 6.42 Å². The fraction of sp³-hybridized carbons (Fsp3) is 0.765.